The molecule has 0 aromatic rings. The first-order valence-electron chi connectivity index (χ1n) is 11.6. The van der Waals surface area contributed by atoms with Crippen LogP contribution in [-0.4, -0.2) is 28.1 Å². The number of aliphatic hydroxyl groups is 1. The van der Waals surface area contributed by atoms with E-state index in [-0.39, 0.29) is 28.2 Å². The number of Topliss-reactive ketones (excluding diaryl/α,β-unsaturated/α-hetero) is 1. The van der Waals surface area contributed by atoms with Crippen LogP contribution in [0.2, 0.25) is 0 Å². The lowest BCUT2D eigenvalue weighted by Gasteiger charge is -2.66. The molecule has 0 radical (unpaired) electrons. The van der Waals surface area contributed by atoms with Gasteiger partial charge >= 0.3 is 5.97 Å². The third kappa shape index (κ3) is 1.80. The van der Waals surface area contributed by atoms with Gasteiger partial charge in [-0.15, -0.1) is 0 Å². The van der Waals surface area contributed by atoms with Crippen LogP contribution in [0.5, 0.6) is 0 Å². The zero-order chi connectivity index (χ0) is 19.7. The van der Waals surface area contributed by atoms with Crippen molar-refractivity contribution in [2.45, 2.75) is 89.8 Å². The Morgan fingerprint density at radius 1 is 1.04 bits per heavy atom. The van der Waals surface area contributed by atoms with Crippen molar-refractivity contribution in [3.63, 3.8) is 0 Å². The Hall–Kier alpha value is -0.900. The van der Waals surface area contributed by atoms with Crippen LogP contribution in [0.25, 0.3) is 0 Å². The van der Waals surface area contributed by atoms with Crippen LogP contribution in [0.15, 0.2) is 0 Å². The first-order valence-corrected chi connectivity index (χ1v) is 11.6. The van der Waals surface area contributed by atoms with Gasteiger partial charge in [-0.25, -0.2) is 0 Å². The summed E-state index contributed by atoms with van der Waals surface area (Å²) in [5.74, 6) is 3.63. The highest BCUT2D eigenvalue weighted by Gasteiger charge is 2.80. The predicted molar refractivity (Wildman–Crippen MR) is 103 cm³/mol. The van der Waals surface area contributed by atoms with Crippen molar-refractivity contribution in [3.8, 4) is 0 Å². The van der Waals surface area contributed by atoms with Crippen LogP contribution in [0.3, 0.4) is 0 Å². The van der Waals surface area contributed by atoms with Crippen LogP contribution in [-0.2, 0) is 14.3 Å². The Balaban J connectivity index is 1.42. The van der Waals surface area contributed by atoms with Crippen molar-refractivity contribution in [3.05, 3.63) is 0 Å². The molecule has 6 fully saturated rings. The minimum Gasteiger partial charge on any atom is -0.458 e. The molecule has 5 saturated carbocycles. The van der Waals surface area contributed by atoms with E-state index in [2.05, 4.69) is 20.8 Å². The molecule has 28 heavy (non-hydrogen) atoms. The quantitative estimate of drug-likeness (QED) is 0.642. The molecule has 4 heteroatoms. The summed E-state index contributed by atoms with van der Waals surface area (Å²) < 4.78 is 6.18. The SMILES string of the molecule is C[C@@H]1C[C@]2(O)CC(=O)CC[C@]2(C)C2CC[C@@]3(C)C(C21)[C@@H]1C[C@@H]1[C@@]31CCC(=O)O1. The standard InChI is InChI=1S/C24H34O4/c1-13-11-23(27)12-14(25)4-7-21(23,2)16-5-8-22(3)20(19(13)16)15-10-17(15)24(22)9-6-18(26)28-24/h13,15-17,19-20,27H,4-12H2,1-3H3/t13-,15-,16?,17+,19?,20?,21-,22+,23+,24+/m1/s1. The Kier molecular flexibility index (Phi) is 3.23. The number of hydrogen-bond acceptors (Lipinski definition) is 4. The van der Waals surface area contributed by atoms with Gasteiger partial charge in [0.15, 0.2) is 0 Å². The van der Waals surface area contributed by atoms with E-state index in [1.165, 1.54) is 6.42 Å². The molecule has 5 aliphatic carbocycles. The smallest absolute Gasteiger partial charge is 0.306 e. The lowest BCUT2D eigenvalue weighted by atomic mass is 9.40. The highest BCUT2D eigenvalue weighted by atomic mass is 16.6. The summed E-state index contributed by atoms with van der Waals surface area (Å²) in [6.45, 7) is 7.04. The Morgan fingerprint density at radius 2 is 1.82 bits per heavy atom. The summed E-state index contributed by atoms with van der Waals surface area (Å²) in [7, 11) is 0. The number of esters is 1. The Morgan fingerprint density at radius 3 is 2.54 bits per heavy atom. The molecule has 1 aliphatic heterocycles. The lowest BCUT2D eigenvalue weighted by molar-refractivity contribution is -0.232. The molecule has 10 atom stereocenters. The zero-order valence-electron chi connectivity index (χ0n) is 17.5. The fourth-order valence-electron chi connectivity index (χ4n) is 9.82. The summed E-state index contributed by atoms with van der Waals surface area (Å²) in [6, 6.07) is 0. The van der Waals surface area contributed by atoms with Gasteiger partial charge in [-0.2, -0.15) is 0 Å². The molecule has 1 spiro atoms. The van der Waals surface area contributed by atoms with Crippen molar-refractivity contribution >= 4 is 11.8 Å². The number of ketones is 1. The van der Waals surface area contributed by atoms with Crippen LogP contribution in [0, 0.1) is 46.3 Å². The number of rotatable bonds is 0. The normalized spacial score (nSPS) is 62.0. The molecule has 6 rings (SSSR count). The highest BCUT2D eigenvalue weighted by Crippen LogP contribution is 2.80. The number of hydrogen-bond donors (Lipinski definition) is 1. The number of carbonyl (C=O) groups excluding carboxylic acids is 2. The molecule has 154 valence electrons. The van der Waals surface area contributed by atoms with Crippen molar-refractivity contribution in [2.24, 2.45) is 46.3 Å². The largest absolute Gasteiger partial charge is 0.458 e. The maximum Gasteiger partial charge on any atom is 0.306 e. The third-order valence-electron chi connectivity index (χ3n) is 11.1. The van der Waals surface area contributed by atoms with E-state index in [1.807, 2.05) is 0 Å². The Bertz CT molecular complexity index is 777. The molecular weight excluding hydrogens is 352 g/mol. The topological polar surface area (TPSA) is 63.6 Å². The molecule has 4 nitrogen and oxygen atoms in total. The summed E-state index contributed by atoms with van der Waals surface area (Å²) in [5, 5.41) is 11.7. The van der Waals surface area contributed by atoms with E-state index in [0.717, 1.165) is 32.1 Å². The van der Waals surface area contributed by atoms with Gasteiger partial charge in [0.25, 0.3) is 0 Å². The fraction of sp³-hybridized carbons (Fsp3) is 0.917. The maximum absolute atomic E-state index is 12.2. The van der Waals surface area contributed by atoms with Gasteiger partial charge in [-0.3, -0.25) is 9.59 Å². The van der Waals surface area contributed by atoms with Gasteiger partial charge in [0.1, 0.15) is 11.4 Å². The van der Waals surface area contributed by atoms with Gasteiger partial charge < -0.3 is 9.84 Å². The Labute approximate surface area is 167 Å². The van der Waals surface area contributed by atoms with Gasteiger partial charge in [-0.05, 0) is 68.1 Å². The highest BCUT2D eigenvalue weighted by molar-refractivity contribution is 5.81. The molecule has 6 aliphatic rings. The summed E-state index contributed by atoms with van der Waals surface area (Å²) in [5.41, 5.74) is -1.08. The van der Waals surface area contributed by atoms with Crippen molar-refractivity contribution in [1.82, 2.24) is 0 Å². The predicted octanol–water partition coefficient (Wildman–Crippen LogP) is 3.89. The maximum atomic E-state index is 12.2. The molecule has 0 bridgehead atoms. The monoisotopic (exact) mass is 386 g/mol. The van der Waals surface area contributed by atoms with Gasteiger partial charge in [0.2, 0.25) is 0 Å². The van der Waals surface area contributed by atoms with E-state index < -0.39 is 5.60 Å². The van der Waals surface area contributed by atoms with Crippen molar-refractivity contribution in [1.29, 1.82) is 0 Å². The number of ether oxygens (including phenoxy) is 1. The second-order valence-corrected chi connectivity index (χ2v) is 11.9. The minimum atomic E-state index is -0.824. The van der Waals surface area contributed by atoms with Crippen LogP contribution in [0.4, 0.5) is 0 Å². The molecule has 0 amide bonds. The first kappa shape index (κ1) is 17.9. The van der Waals surface area contributed by atoms with Crippen LogP contribution in [0.1, 0.15) is 78.6 Å². The molecule has 1 heterocycles. The van der Waals surface area contributed by atoms with E-state index >= 15 is 0 Å². The zero-order valence-corrected chi connectivity index (χ0v) is 17.5. The number of fused-ring (bicyclic) bond motifs is 9. The van der Waals surface area contributed by atoms with E-state index in [1.54, 1.807) is 0 Å². The van der Waals surface area contributed by atoms with E-state index in [0.29, 0.717) is 54.8 Å². The molecule has 0 aromatic heterocycles. The molecule has 3 unspecified atom stereocenters. The molecule has 0 aromatic carbocycles. The van der Waals surface area contributed by atoms with Gasteiger partial charge in [0, 0.05) is 36.0 Å². The lowest BCUT2D eigenvalue weighted by Crippen LogP contribution is -2.66. The number of carbonyl (C=O) groups is 2. The molecule has 1 N–H and O–H groups in total. The summed E-state index contributed by atoms with van der Waals surface area (Å²) in [6.07, 6.45) is 7.53. The average Bonchev–Trinajstić information content (AvgIpc) is 3.26. The molecular formula is C24H34O4. The average molecular weight is 387 g/mol. The summed E-state index contributed by atoms with van der Waals surface area (Å²) in [4.78, 5) is 24.4. The van der Waals surface area contributed by atoms with Crippen molar-refractivity contribution in [2.75, 3.05) is 0 Å². The third-order valence-corrected chi connectivity index (χ3v) is 11.1. The van der Waals surface area contributed by atoms with E-state index in [4.69, 9.17) is 4.74 Å². The van der Waals surface area contributed by atoms with E-state index in [9.17, 15) is 14.7 Å². The summed E-state index contributed by atoms with van der Waals surface area (Å²) >= 11 is 0. The second kappa shape index (κ2) is 5.04. The fourth-order valence-corrected chi connectivity index (χ4v) is 9.82. The second-order valence-electron chi connectivity index (χ2n) is 11.9. The van der Waals surface area contributed by atoms with Gasteiger partial charge in [0.05, 0.1) is 5.60 Å². The molecule has 1 saturated heterocycles. The first-order chi connectivity index (χ1) is 13.2. The minimum absolute atomic E-state index is 0.0125. The van der Waals surface area contributed by atoms with Gasteiger partial charge in [-0.1, -0.05) is 20.8 Å². The van der Waals surface area contributed by atoms with Crippen LogP contribution >= 0.6 is 0 Å². The van der Waals surface area contributed by atoms with Crippen LogP contribution < -0.4 is 0 Å². The van der Waals surface area contributed by atoms with Crippen molar-refractivity contribution < 1.29 is 19.4 Å².